The number of ketones is 1. The number of Topliss-reactive ketones (excluding diaryl/α,β-unsaturated/α-hetero) is 1. The third-order valence-electron chi connectivity index (χ3n) is 2.74. The molecule has 0 atom stereocenters. The van der Waals surface area contributed by atoms with Gasteiger partial charge in [-0.2, -0.15) is 0 Å². The first kappa shape index (κ1) is 17.2. The Morgan fingerprint density at radius 1 is 1.29 bits per heavy atom. The molecule has 0 aliphatic heterocycles. The van der Waals surface area contributed by atoms with Crippen molar-refractivity contribution in [2.24, 2.45) is 0 Å². The van der Waals surface area contributed by atoms with Crippen molar-refractivity contribution >= 4 is 23.5 Å². The number of benzene rings is 1. The van der Waals surface area contributed by atoms with Crippen LogP contribution in [0.1, 0.15) is 17.3 Å². The van der Waals surface area contributed by atoms with Crippen molar-refractivity contribution in [2.45, 2.75) is 11.8 Å². The summed E-state index contributed by atoms with van der Waals surface area (Å²) in [5.74, 6) is -0.670. The molecule has 0 aliphatic carbocycles. The van der Waals surface area contributed by atoms with Gasteiger partial charge < -0.3 is 4.90 Å². The van der Waals surface area contributed by atoms with Crippen molar-refractivity contribution < 1.29 is 14.0 Å². The molecule has 0 unspecified atom stereocenters. The first-order chi connectivity index (χ1) is 9.99. The average Bonchev–Trinajstić information content (AvgIpc) is 2.45. The third kappa shape index (κ3) is 5.19. The maximum absolute atomic E-state index is 13.8. The van der Waals surface area contributed by atoms with Crippen LogP contribution in [0.3, 0.4) is 0 Å². The molecule has 0 saturated carbocycles. The zero-order valence-electron chi connectivity index (χ0n) is 12.0. The summed E-state index contributed by atoms with van der Waals surface area (Å²) in [5, 5.41) is 0. The number of carbonyl (C=O) groups excluding carboxylic acids is 2. The van der Waals surface area contributed by atoms with Gasteiger partial charge >= 0.3 is 0 Å². The van der Waals surface area contributed by atoms with E-state index in [1.807, 2.05) is 0 Å². The number of hydrogen-bond donors (Lipinski definition) is 0. The number of amides is 1. The summed E-state index contributed by atoms with van der Waals surface area (Å²) in [6.07, 6.45) is 3.27. The topological polar surface area (TPSA) is 37.4 Å². The maximum Gasteiger partial charge on any atom is 0.233 e. The molecule has 1 rings (SSSR count). The Morgan fingerprint density at radius 3 is 2.38 bits per heavy atom. The number of halogens is 1. The van der Waals surface area contributed by atoms with E-state index in [0.29, 0.717) is 23.5 Å². The molecule has 5 heteroatoms. The van der Waals surface area contributed by atoms with E-state index in [-0.39, 0.29) is 17.4 Å². The van der Waals surface area contributed by atoms with Gasteiger partial charge in [-0.3, -0.25) is 9.59 Å². The fourth-order valence-corrected chi connectivity index (χ4v) is 2.48. The smallest absolute Gasteiger partial charge is 0.233 e. The molecule has 0 bridgehead atoms. The highest BCUT2D eigenvalue weighted by molar-refractivity contribution is 8.00. The van der Waals surface area contributed by atoms with Crippen LogP contribution in [0.4, 0.5) is 4.39 Å². The van der Waals surface area contributed by atoms with Gasteiger partial charge in [-0.25, -0.2) is 4.39 Å². The minimum Gasteiger partial charge on any atom is -0.335 e. The van der Waals surface area contributed by atoms with E-state index in [9.17, 15) is 14.0 Å². The van der Waals surface area contributed by atoms with Crippen molar-refractivity contribution in [3.63, 3.8) is 0 Å². The highest BCUT2D eigenvalue weighted by Crippen LogP contribution is 2.23. The van der Waals surface area contributed by atoms with Gasteiger partial charge in [0, 0.05) is 23.5 Å². The van der Waals surface area contributed by atoms with E-state index in [2.05, 4.69) is 13.2 Å². The highest BCUT2D eigenvalue weighted by Gasteiger charge is 2.13. The summed E-state index contributed by atoms with van der Waals surface area (Å²) in [6, 6.07) is 4.28. The lowest BCUT2D eigenvalue weighted by Crippen LogP contribution is -2.32. The summed E-state index contributed by atoms with van der Waals surface area (Å²) in [7, 11) is 0. The number of thioether (sulfide) groups is 1. The first-order valence-electron chi connectivity index (χ1n) is 6.42. The third-order valence-corrected chi connectivity index (χ3v) is 3.77. The van der Waals surface area contributed by atoms with Gasteiger partial charge in [-0.1, -0.05) is 18.2 Å². The molecule has 0 fully saturated rings. The van der Waals surface area contributed by atoms with Crippen molar-refractivity contribution in [1.82, 2.24) is 4.90 Å². The van der Waals surface area contributed by atoms with Crippen molar-refractivity contribution in [3.05, 3.63) is 54.9 Å². The largest absolute Gasteiger partial charge is 0.335 e. The van der Waals surface area contributed by atoms with Crippen molar-refractivity contribution in [1.29, 1.82) is 0 Å². The standard InChI is InChI=1S/C16H18FNO2S/c1-4-8-18(9-5-2)16(20)11-21-15-7-6-13(12(3)19)10-14(15)17/h4-7,10H,1-2,8-9,11H2,3H3. The molecule has 0 aliphatic rings. The van der Waals surface area contributed by atoms with Gasteiger partial charge in [-0.15, -0.1) is 24.9 Å². The Morgan fingerprint density at radius 2 is 1.90 bits per heavy atom. The molecule has 0 spiro atoms. The SMILES string of the molecule is C=CCN(CC=C)C(=O)CSc1ccc(C(C)=O)cc1F. The highest BCUT2D eigenvalue weighted by atomic mass is 32.2. The molecule has 1 amide bonds. The lowest BCUT2D eigenvalue weighted by molar-refractivity contribution is -0.127. The summed E-state index contributed by atoms with van der Waals surface area (Å²) in [5.41, 5.74) is 0.322. The van der Waals surface area contributed by atoms with Crippen LogP contribution in [-0.2, 0) is 4.79 Å². The summed E-state index contributed by atoms with van der Waals surface area (Å²) < 4.78 is 13.8. The molecular formula is C16H18FNO2S. The lowest BCUT2D eigenvalue weighted by atomic mass is 10.1. The van der Waals surface area contributed by atoms with E-state index in [4.69, 9.17) is 0 Å². The average molecular weight is 307 g/mol. The van der Waals surface area contributed by atoms with Crippen LogP contribution < -0.4 is 0 Å². The minimum atomic E-state index is -0.487. The molecular weight excluding hydrogens is 289 g/mol. The summed E-state index contributed by atoms with van der Waals surface area (Å²) in [6.45, 7) is 9.43. The Balaban J connectivity index is 2.69. The molecule has 112 valence electrons. The fraction of sp³-hybridized carbons (Fsp3) is 0.250. The Kier molecular flexibility index (Phi) is 6.88. The Bertz CT molecular complexity index is 547. The van der Waals surface area contributed by atoms with Gasteiger partial charge in [-0.05, 0) is 19.1 Å². The second-order valence-electron chi connectivity index (χ2n) is 4.37. The van der Waals surface area contributed by atoms with E-state index < -0.39 is 5.82 Å². The first-order valence-corrected chi connectivity index (χ1v) is 7.41. The normalized spacial score (nSPS) is 10.0. The number of carbonyl (C=O) groups is 2. The number of nitrogens with zero attached hydrogens (tertiary/aromatic N) is 1. The van der Waals surface area contributed by atoms with Crippen LogP contribution in [0.5, 0.6) is 0 Å². The van der Waals surface area contributed by atoms with Gasteiger partial charge in [0.2, 0.25) is 5.91 Å². The lowest BCUT2D eigenvalue weighted by Gasteiger charge is -2.19. The Labute approximate surface area is 128 Å². The van der Waals surface area contributed by atoms with Gasteiger partial charge in [0.15, 0.2) is 5.78 Å². The van der Waals surface area contributed by atoms with Crippen LogP contribution >= 0.6 is 11.8 Å². The molecule has 3 nitrogen and oxygen atoms in total. The molecule has 0 radical (unpaired) electrons. The number of hydrogen-bond acceptors (Lipinski definition) is 3. The predicted octanol–water partition coefficient (Wildman–Crippen LogP) is 3.32. The zero-order valence-corrected chi connectivity index (χ0v) is 12.8. The fourth-order valence-electron chi connectivity index (χ4n) is 1.66. The van der Waals surface area contributed by atoms with Gasteiger partial charge in [0.25, 0.3) is 0 Å². The second kappa shape index (κ2) is 8.42. The van der Waals surface area contributed by atoms with Gasteiger partial charge in [0.1, 0.15) is 5.82 Å². The summed E-state index contributed by atoms with van der Waals surface area (Å²) >= 11 is 1.11. The monoisotopic (exact) mass is 307 g/mol. The van der Waals surface area contributed by atoms with Gasteiger partial charge in [0.05, 0.1) is 5.75 Å². The van der Waals surface area contributed by atoms with E-state index >= 15 is 0 Å². The minimum absolute atomic E-state index is 0.116. The zero-order chi connectivity index (χ0) is 15.8. The maximum atomic E-state index is 13.8. The molecule has 0 saturated heterocycles. The van der Waals surface area contributed by atoms with E-state index in [1.165, 1.54) is 19.1 Å². The van der Waals surface area contributed by atoms with Crippen molar-refractivity contribution in [3.8, 4) is 0 Å². The van der Waals surface area contributed by atoms with Crippen LogP contribution in [-0.4, -0.2) is 35.4 Å². The quantitative estimate of drug-likeness (QED) is 0.420. The molecule has 0 N–H and O–H groups in total. The molecule has 1 aromatic carbocycles. The number of rotatable bonds is 8. The van der Waals surface area contributed by atoms with Crippen LogP contribution in [0, 0.1) is 5.82 Å². The van der Waals surface area contributed by atoms with Crippen LogP contribution in [0.25, 0.3) is 0 Å². The summed E-state index contributed by atoms with van der Waals surface area (Å²) in [4.78, 5) is 25.1. The molecule has 21 heavy (non-hydrogen) atoms. The van der Waals surface area contributed by atoms with Crippen LogP contribution in [0.2, 0.25) is 0 Å². The molecule has 0 heterocycles. The van der Waals surface area contributed by atoms with E-state index in [0.717, 1.165) is 11.8 Å². The molecule has 1 aromatic rings. The molecule has 0 aromatic heterocycles. The van der Waals surface area contributed by atoms with Crippen LogP contribution in [0.15, 0.2) is 48.4 Å². The second-order valence-corrected chi connectivity index (χ2v) is 5.38. The Hall–Kier alpha value is -1.88. The predicted molar refractivity (Wildman–Crippen MR) is 84.1 cm³/mol. The van der Waals surface area contributed by atoms with E-state index in [1.54, 1.807) is 23.1 Å². The van der Waals surface area contributed by atoms with Crippen molar-refractivity contribution in [2.75, 3.05) is 18.8 Å².